The van der Waals surface area contributed by atoms with Gasteiger partial charge < -0.3 is 13.7 Å². The van der Waals surface area contributed by atoms with Crippen LogP contribution >= 0.6 is 11.3 Å². The number of hydrogen-bond donors (Lipinski definition) is 1. The van der Waals surface area contributed by atoms with Gasteiger partial charge in [0.15, 0.2) is 5.13 Å². The van der Waals surface area contributed by atoms with Crippen LogP contribution in [0.3, 0.4) is 0 Å². The zero-order valence-corrected chi connectivity index (χ0v) is 21.6. The number of anilines is 1. The fourth-order valence-corrected chi connectivity index (χ4v) is 4.46. The van der Waals surface area contributed by atoms with Gasteiger partial charge in [0.25, 0.3) is 0 Å². The first kappa shape index (κ1) is 26.4. The molecule has 0 spiro atoms. The van der Waals surface area contributed by atoms with Crippen molar-refractivity contribution < 1.29 is 22.7 Å². The molecule has 0 fully saturated rings. The molecule has 186 valence electrons. The summed E-state index contributed by atoms with van der Waals surface area (Å²) in [7, 11) is 0. The van der Waals surface area contributed by atoms with Crippen molar-refractivity contribution in [3.63, 3.8) is 0 Å². The summed E-state index contributed by atoms with van der Waals surface area (Å²) in [5.41, 5.74) is 3.43. The lowest BCUT2D eigenvalue weighted by Crippen LogP contribution is -2.10. The van der Waals surface area contributed by atoms with E-state index < -0.39 is 11.3 Å². The topological polar surface area (TPSA) is 86.8 Å². The van der Waals surface area contributed by atoms with Gasteiger partial charge in [-0.1, -0.05) is 36.4 Å². The van der Waals surface area contributed by atoms with Gasteiger partial charge >= 0.3 is 17.2 Å². The lowest BCUT2D eigenvalue weighted by atomic mass is 10.1. The number of carbonyl (C=O) groups excluding carboxylic acids is 1. The van der Waals surface area contributed by atoms with E-state index in [1.807, 2.05) is 36.6 Å². The highest BCUT2D eigenvalue weighted by Gasteiger charge is 2.09. The minimum atomic E-state index is -1.77. The molecule has 0 aliphatic rings. The Kier molecular flexibility index (Phi) is 10.3. The number of unbranched alkanes of at least 4 members (excludes halogenated alkanes) is 3. The summed E-state index contributed by atoms with van der Waals surface area (Å²) in [6.07, 6.45) is 3.67. The molecule has 35 heavy (non-hydrogen) atoms. The number of rotatable bonds is 14. The third-order valence-corrected chi connectivity index (χ3v) is 6.50. The van der Waals surface area contributed by atoms with Gasteiger partial charge in [0, 0.05) is 16.5 Å². The molecule has 0 saturated carbocycles. The number of thiazole rings is 1. The van der Waals surface area contributed by atoms with Crippen LogP contribution in [0.15, 0.2) is 66.1 Å². The molecule has 3 rings (SSSR count). The van der Waals surface area contributed by atoms with Crippen molar-refractivity contribution in [3.05, 3.63) is 71.6 Å². The zero-order valence-electron chi connectivity index (χ0n) is 20.0. The van der Waals surface area contributed by atoms with Crippen LogP contribution < -0.4 is 13.6 Å². The van der Waals surface area contributed by atoms with Gasteiger partial charge in [-0.2, -0.15) is 4.21 Å². The van der Waals surface area contributed by atoms with E-state index in [0.29, 0.717) is 35.4 Å². The maximum atomic E-state index is 12.3. The summed E-state index contributed by atoms with van der Waals surface area (Å²) >= 11 is -0.402. The minimum absolute atomic E-state index is 0.337. The van der Waals surface area contributed by atoms with E-state index in [-0.39, 0.29) is 5.97 Å². The molecule has 0 bridgehead atoms. The summed E-state index contributed by atoms with van der Waals surface area (Å²) in [6, 6.07) is 15.1. The largest absolute Gasteiger partial charge is 0.494 e. The lowest BCUT2D eigenvalue weighted by molar-refractivity contribution is -0.139. The van der Waals surface area contributed by atoms with E-state index in [1.54, 1.807) is 31.2 Å². The molecule has 1 aromatic heterocycles. The second-order valence-electron chi connectivity index (χ2n) is 7.97. The van der Waals surface area contributed by atoms with Crippen LogP contribution in [0.5, 0.6) is 11.5 Å². The van der Waals surface area contributed by atoms with Crippen LogP contribution in [0.4, 0.5) is 5.13 Å². The van der Waals surface area contributed by atoms with Gasteiger partial charge in [-0.15, -0.1) is 11.3 Å². The highest BCUT2D eigenvalue weighted by Crippen LogP contribution is 2.26. The van der Waals surface area contributed by atoms with Crippen molar-refractivity contribution in [2.75, 3.05) is 17.9 Å². The quantitative estimate of drug-likeness (QED) is 0.156. The van der Waals surface area contributed by atoms with Crippen molar-refractivity contribution >= 4 is 33.7 Å². The molecule has 7 nitrogen and oxygen atoms in total. The minimum Gasteiger partial charge on any atom is -0.494 e. The SMILES string of the molecule is C=C(C)C(=O)OCCCCCCOc1ccc(OS(=O)Nc2nc(-c3ccc(C)cc3)cs2)cc1. The molecule has 3 aromatic rings. The molecule has 0 radical (unpaired) electrons. The van der Waals surface area contributed by atoms with Gasteiger partial charge in [0.2, 0.25) is 0 Å². The second-order valence-corrected chi connectivity index (χ2v) is 9.67. The molecule has 0 amide bonds. The fourth-order valence-electron chi connectivity index (χ4n) is 2.98. The molecule has 1 unspecified atom stereocenters. The van der Waals surface area contributed by atoms with Crippen LogP contribution in [-0.4, -0.2) is 28.4 Å². The average Bonchev–Trinajstić information content (AvgIpc) is 3.30. The van der Waals surface area contributed by atoms with Crippen LogP contribution in [0, 0.1) is 6.92 Å². The van der Waals surface area contributed by atoms with Gasteiger partial charge in [-0.25, -0.2) is 14.5 Å². The first-order valence-corrected chi connectivity index (χ1v) is 13.3. The van der Waals surface area contributed by atoms with E-state index >= 15 is 0 Å². The molecular formula is C26H30N2O5S2. The number of benzene rings is 2. The first-order valence-electron chi connectivity index (χ1n) is 11.4. The van der Waals surface area contributed by atoms with Crippen molar-refractivity contribution in [1.82, 2.24) is 4.98 Å². The van der Waals surface area contributed by atoms with Gasteiger partial charge in [-0.3, -0.25) is 0 Å². The number of hydrogen-bond acceptors (Lipinski definition) is 7. The van der Waals surface area contributed by atoms with Crippen LogP contribution in [0.25, 0.3) is 11.3 Å². The number of esters is 1. The molecule has 0 aliphatic carbocycles. The molecule has 1 N–H and O–H groups in total. The van der Waals surface area contributed by atoms with Crippen molar-refractivity contribution in [2.45, 2.75) is 39.5 Å². The third-order valence-electron chi connectivity index (χ3n) is 4.91. The van der Waals surface area contributed by atoms with E-state index in [1.165, 1.54) is 16.9 Å². The number of nitrogens with zero attached hydrogens (tertiary/aromatic N) is 1. The van der Waals surface area contributed by atoms with E-state index in [4.69, 9.17) is 13.7 Å². The van der Waals surface area contributed by atoms with Gasteiger partial charge in [0.1, 0.15) is 11.5 Å². The lowest BCUT2D eigenvalue weighted by Gasteiger charge is -2.08. The molecule has 0 aliphatic heterocycles. The summed E-state index contributed by atoms with van der Waals surface area (Å²) < 4.78 is 31.4. The Balaban J connectivity index is 1.33. The van der Waals surface area contributed by atoms with Crippen molar-refractivity contribution in [1.29, 1.82) is 0 Å². The fraction of sp³-hybridized carbons (Fsp3) is 0.308. The molecular weight excluding hydrogens is 484 g/mol. The van der Waals surface area contributed by atoms with Gasteiger partial charge in [-0.05, 0) is 63.8 Å². The predicted octanol–water partition coefficient (Wildman–Crippen LogP) is 6.25. The average molecular weight is 515 g/mol. The van der Waals surface area contributed by atoms with Crippen LogP contribution in [0.1, 0.15) is 38.2 Å². The van der Waals surface area contributed by atoms with E-state index in [0.717, 1.165) is 36.9 Å². The molecule has 9 heteroatoms. The highest BCUT2D eigenvalue weighted by molar-refractivity contribution is 7.82. The normalized spacial score (nSPS) is 11.5. The Morgan fingerprint density at radius 1 is 1.00 bits per heavy atom. The van der Waals surface area contributed by atoms with Crippen molar-refractivity contribution in [3.8, 4) is 22.8 Å². The summed E-state index contributed by atoms with van der Waals surface area (Å²) in [5.74, 6) is 0.841. The molecule has 1 atom stereocenters. The number of carbonyl (C=O) groups is 1. The zero-order chi connectivity index (χ0) is 25.0. The third kappa shape index (κ3) is 9.18. The van der Waals surface area contributed by atoms with Gasteiger partial charge in [0.05, 0.1) is 18.9 Å². The van der Waals surface area contributed by atoms with Crippen molar-refractivity contribution in [2.24, 2.45) is 0 Å². The second kappa shape index (κ2) is 13.7. The molecule has 0 saturated heterocycles. The number of aromatic nitrogens is 1. The van der Waals surface area contributed by atoms with E-state index in [2.05, 4.69) is 16.3 Å². The smallest absolute Gasteiger partial charge is 0.333 e. The molecule has 1 heterocycles. The summed E-state index contributed by atoms with van der Waals surface area (Å²) in [5, 5.41) is 2.43. The monoisotopic (exact) mass is 514 g/mol. The van der Waals surface area contributed by atoms with Crippen LogP contribution in [-0.2, 0) is 20.8 Å². The molecule has 2 aromatic carbocycles. The maximum Gasteiger partial charge on any atom is 0.333 e. The Morgan fingerprint density at radius 3 is 2.34 bits per heavy atom. The number of ether oxygens (including phenoxy) is 2. The maximum absolute atomic E-state index is 12.3. The summed E-state index contributed by atoms with van der Waals surface area (Å²) in [6.45, 7) is 8.23. The first-order chi connectivity index (χ1) is 16.9. The Hall–Kier alpha value is -3.17. The van der Waals surface area contributed by atoms with E-state index in [9.17, 15) is 9.00 Å². The number of nitrogens with one attached hydrogen (secondary N) is 1. The Bertz CT molecular complexity index is 1130. The Labute approximate surface area is 213 Å². The number of aryl methyl sites for hydroxylation is 1. The Morgan fingerprint density at radius 2 is 1.66 bits per heavy atom. The highest BCUT2D eigenvalue weighted by atomic mass is 32.2. The summed E-state index contributed by atoms with van der Waals surface area (Å²) in [4.78, 5) is 15.8. The van der Waals surface area contributed by atoms with Crippen LogP contribution in [0.2, 0.25) is 0 Å². The predicted molar refractivity (Wildman–Crippen MR) is 141 cm³/mol. The standard InChI is InChI=1S/C26H30N2O5S2/c1-19(2)25(29)32-17-7-5-4-6-16-31-22-12-14-23(15-13-22)33-35(30)28-26-27-24(18-34-26)21-10-8-20(3)9-11-21/h8-15,18H,1,4-7,16-17H2,2-3H3,(H,27,28).